The van der Waals surface area contributed by atoms with E-state index in [1.807, 2.05) is 6.92 Å². The highest BCUT2D eigenvalue weighted by Crippen LogP contribution is 2.27. The van der Waals surface area contributed by atoms with Crippen LogP contribution in [0.2, 0.25) is 0 Å². The molecule has 0 spiro atoms. The van der Waals surface area contributed by atoms with E-state index in [0.717, 1.165) is 11.4 Å². The van der Waals surface area contributed by atoms with Crippen molar-refractivity contribution < 1.29 is 13.2 Å². The molecule has 0 radical (unpaired) electrons. The Morgan fingerprint density at radius 2 is 2.08 bits per heavy atom. The van der Waals surface area contributed by atoms with Crippen molar-refractivity contribution >= 4 is 43.9 Å². The molecular weight excluding hydrogens is 362 g/mol. The maximum Gasteiger partial charge on any atom is 0.286 e. The van der Waals surface area contributed by atoms with Crippen LogP contribution in [-0.4, -0.2) is 30.4 Å². The van der Waals surface area contributed by atoms with Crippen molar-refractivity contribution in [3.8, 4) is 0 Å². The van der Waals surface area contributed by atoms with Crippen LogP contribution in [0.25, 0.3) is 0 Å². The van der Waals surface area contributed by atoms with Crippen molar-refractivity contribution in [3.05, 3.63) is 29.3 Å². The largest absolute Gasteiger partial charge is 0.342 e. The van der Waals surface area contributed by atoms with E-state index in [1.54, 1.807) is 18.2 Å². The van der Waals surface area contributed by atoms with Crippen molar-refractivity contribution in [1.82, 2.24) is 10.2 Å². The fourth-order valence-electron chi connectivity index (χ4n) is 2.32. The highest BCUT2D eigenvalue weighted by atomic mass is 32.2. The molecule has 25 heavy (non-hydrogen) atoms. The third-order valence-electron chi connectivity index (χ3n) is 3.51. The topological polar surface area (TPSA) is 113 Å². The summed E-state index contributed by atoms with van der Waals surface area (Å²) in [7, 11) is -3.68. The minimum Gasteiger partial charge on any atom is -0.342 e. The quantitative estimate of drug-likeness (QED) is 0.797. The van der Waals surface area contributed by atoms with Crippen molar-refractivity contribution in [2.45, 2.75) is 37.5 Å². The third kappa shape index (κ3) is 4.20. The number of carbonyl (C=O) groups is 1. The van der Waals surface area contributed by atoms with Gasteiger partial charge in [0, 0.05) is 12.8 Å². The summed E-state index contributed by atoms with van der Waals surface area (Å²) < 4.78 is 28.0. The number of benzene rings is 1. The first-order valence-corrected chi connectivity index (χ1v) is 10.1. The van der Waals surface area contributed by atoms with Crippen LogP contribution >= 0.6 is 11.3 Å². The predicted octanol–water partition coefficient (Wildman–Crippen LogP) is 2.42. The average molecular weight is 379 g/mol. The zero-order chi connectivity index (χ0) is 17.9. The van der Waals surface area contributed by atoms with Gasteiger partial charge in [-0.15, -0.1) is 14.6 Å². The number of carbonyl (C=O) groups excluding carboxylic acids is 1. The van der Waals surface area contributed by atoms with E-state index in [9.17, 15) is 13.2 Å². The summed E-state index contributed by atoms with van der Waals surface area (Å²) in [5.41, 5.74) is 0.512. The van der Waals surface area contributed by atoms with Gasteiger partial charge < -0.3 is 10.6 Å². The fourth-order valence-corrected chi connectivity index (χ4v) is 4.19. The SMILES string of the molecule is CCc1nnc(NC(=O)CCCC2=NS(=O)(=O)c3ccccc3N2)s1. The van der Waals surface area contributed by atoms with Crippen LogP contribution in [0.5, 0.6) is 0 Å². The highest BCUT2D eigenvalue weighted by molar-refractivity contribution is 7.90. The summed E-state index contributed by atoms with van der Waals surface area (Å²) in [4.78, 5) is 12.1. The van der Waals surface area contributed by atoms with Crippen LogP contribution in [0.15, 0.2) is 33.6 Å². The molecule has 0 aliphatic carbocycles. The molecule has 1 amide bonds. The number of para-hydroxylation sites is 1. The minimum atomic E-state index is -3.68. The minimum absolute atomic E-state index is 0.166. The number of amidine groups is 1. The second-order valence-electron chi connectivity index (χ2n) is 5.39. The molecule has 0 fully saturated rings. The molecule has 1 aliphatic heterocycles. The number of nitrogens with one attached hydrogen (secondary N) is 2. The van der Waals surface area contributed by atoms with Gasteiger partial charge in [-0.1, -0.05) is 30.4 Å². The Hall–Kier alpha value is -2.33. The lowest BCUT2D eigenvalue weighted by Gasteiger charge is -2.17. The summed E-state index contributed by atoms with van der Waals surface area (Å²) >= 11 is 1.35. The maximum atomic E-state index is 12.1. The first-order valence-electron chi connectivity index (χ1n) is 7.80. The number of sulfonamides is 1. The van der Waals surface area contributed by atoms with E-state index in [0.29, 0.717) is 29.5 Å². The summed E-state index contributed by atoms with van der Waals surface area (Å²) in [6.45, 7) is 1.97. The second kappa shape index (κ2) is 7.28. The predicted molar refractivity (Wildman–Crippen MR) is 96.5 cm³/mol. The Balaban J connectivity index is 1.54. The van der Waals surface area contributed by atoms with Crippen molar-refractivity contribution in [1.29, 1.82) is 0 Å². The molecule has 8 nitrogen and oxygen atoms in total. The lowest BCUT2D eigenvalue weighted by Crippen LogP contribution is -2.22. The van der Waals surface area contributed by atoms with Gasteiger partial charge in [-0.05, 0) is 25.0 Å². The second-order valence-corrected chi connectivity index (χ2v) is 8.03. The summed E-state index contributed by atoms with van der Waals surface area (Å²) in [5, 5.41) is 14.9. The molecule has 132 valence electrons. The molecule has 0 saturated carbocycles. The van der Waals surface area contributed by atoms with E-state index in [-0.39, 0.29) is 17.2 Å². The number of amides is 1. The molecule has 0 atom stereocenters. The van der Waals surface area contributed by atoms with E-state index in [2.05, 4.69) is 25.2 Å². The number of rotatable bonds is 6. The summed E-state index contributed by atoms with van der Waals surface area (Å²) in [6, 6.07) is 6.61. The van der Waals surface area contributed by atoms with Crippen LogP contribution in [0, 0.1) is 0 Å². The smallest absolute Gasteiger partial charge is 0.286 e. The van der Waals surface area contributed by atoms with Gasteiger partial charge in [-0.25, -0.2) is 0 Å². The van der Waals surface area contributed by atoms with Gasteiger partial charge in [0.15, 0.2) is 0 Å². The number of hydrogen-bond acceptors (Lipinski definition) is 7. The average Bonchev–Trinajstić information content (AvgIpc) is 3.02. The number of nitrogens with zero attached hydrogens (tertiary/aromatic N) is 3. The van der Waals surface area contributed by atoms with E-state index >= 15 is 0 Å². The standard InChI is InChI=1S/C15H17N5O3S2/c1-2-14-18-19-15(24-14)17-13(21)9-5-8-12-16-10-6-3-4-7-11(10)25(22,23)20-12/h3-4,6-7H,2,5,8-9H2,1H3,(H,16,20)(H,17,19,21). The summed E-state index contributed by atoms with van der Waals surface area (Å²) in [6.07, 6.45) is 1.84. The molecule has 1 aromatic heterocycles. The Labute approximate surface area is 149 Å². The highest BCUT2D eigenvalue weighted by Gasteiger charge is 2.23. The lowest BCUT2D eigenvalue weighted by molar-refractivity contribution is -0.116. The first-order chi connectivity index (χ1) is 12.0. The van der Waals surface area contributed by atoms with E-state index in [4.69, 9.17) is 0 Å². The molecule has 1 aromatic carbocycles. The fraction of sp³-hybridized carbons (Fsp3) is 0.333. The Morgan fingerprint density at radius 1 is 1.28 bits per heavy atom. The number of aryl methyl sites for hydroxylation is 1. The number of anilines is 2. The molecule has 1 aliphatic rings. The van der Waals surface area contributed by atoms with Crippen LogP contribution in [0.1, 0.15) is 31.2 Å². The van der Waals surface area contributed by atoms with Gasteiger partial charge in [-0.2, -0.15) is 8.42 Å². The van der Waals surface area contributed by atoms with E-state index < -0.39 is 10.0 Å². The molecule has 3 rings (SSSR count). The molecule has 2 heterocycles. The first kappa shape index (κ1) is 17.5. The van der Waals surface area contributed by atoms with Gasteiger partial charge in [0.25, 0.3) is 10.0 Å². The third-order valence-corrected chi connectivity index (χ3v) is 5.86. The number of fused-ring (bicyclic) bond motifs is 1. The van der Waals surface area contributed by atoms with E-state index in [1.165, 1.54) is 17.4 Å². The Morgan fingerprint density at radius 3 is 2.84 bits per heavy atom. The van der Waals surface area contributed by atoms with Crippen molar-refractivity contribution in [2.75, 3.05) is 10.6 Å². The normalized spacial score (nSPS) is 15.0. The molecule has 0 saturated heterocycles. The lowest BCUT2D eigenvalue weighted by atomic mass is 10.2. The van der Waals surface area contributed by atoms with Crippen molar-refractivity contribution in [3.63, 3.8) is 0 Å². The molecule has 2 N–H and O–H groups in total. The Kier molecular flexibility index (Phi) is 5.09. The molecule has 2 aromatic rings. The number of hydrogen-bond donors (Lipinski definition) is 2. The van der Waals surface area contributed by atoms with Gasteiger partial charge >= 0.3 is 0 Å². The number of aromatic nitrogens is 2. The van der Waals surface area contributed by atoms with Gasteiger partial charge in [0.1, 0.15) is 15.7 Å². The van der Waals surface area contributed by atoms with Gasteiger partial charge in [0.2, 0.25) is 11.0 Å². The molecular formula is C15H17N5O3S2. The Bertz CT molecular complexity index is 921. The monoisotopic (exact) mass is 379 g/mol. The van der Waals surface area contributed by atoms with Crippen LogP contribution < -0.4 is 10.6 Å². The van der Waals surface area contributed by atoms with Crippen LogP contribution in [0.4, 0.5) is 10.8 Å². The molecule has 0 unspecified atom stereocenters. The zero-order valence-corrected chi connectivity index (χ0v) is 15.2. The zero-order valence-electron chi connectivity index (χ0n) is 13.5. The summed E-state index contributed by atoms with van der Waals surface area (Å²) in [5.74, 6) is 0.161. The van der Waals surface area contributed by atoms with Crippen molar-refractivity contribution in [2.24, 2.45) is 4.40 Å². The van der Waals surface area contributed by atoms with Gasteiger partial charge in [-0.3, -0.25) is 4.79 Å². The molecule has 10 heteroatoms. The van der Waals surface area contributed by atoms with Gasteiger partial charge in [0.05, 0.1) is 5.69 Å². The van der Waals surface area contributed by atoms with Crippen LogP contribution in [0.3, 0.4) is 0 Å². The maximum absolute atomic E-state index is 12.1. The molecule has 0 bridgehead atoms. The van der Waals surface area contributed by atoms with Crippen LogP contribution in [-0.2, 0) is 21.2 Å².